The van der Waals surface area contributed by atoms with Gasteiger partial charge in [0.15, 0.2) is 6.67 Å². The van der Waals surface area contributed by atoms with Crippen LogP contribution in [0.5, 0.6) is 0 Å². The number of nitrogens with zero attached hydrogens (tertiary/aromatic N) is 1. The number of aromatic nitrogens is 1. The molecule has 2 nitrogen and oxygen atoms in total. The summed E-state index contributed by atoms with van der Waals surface area (Å²) in [5.41, 5.74) is 2.02. The quantitative estimate of drug-likeness (QED) is 0.683. The van der Waals surface area contributed by atoms with Gasteiger partial charge in [0.2, 0.25) is 0 Å². The zero-order valence-electron chi connectivity index (χ0n) is 10.3. The molecular weight excluding hydrogens is 259 g/mol. The van der Waals surface area contributed by atoms with E-state index in [1.165, 1.54) is 5.56 Å². The predicted molar refractivity (Wildman–Crippen MR) is 76.2 cm³/mol. The van der Waals surface area contributed by atoms with Crippen molar-refractivity contribution in [3.8, 4) is 11.8 Å². The van der Waals surface area contributed by atoms with E-state index in [9.17, 15) is 4.39 Å². The Balaban J connectivity index is 1.83. The van der Waals surface area contributed by atoms with E-state index in [0.717, 1.165) is 17.0 Å². The minimum atomic E-state index is -0.607. The first-order valence-corrected chi connectivity index (χ1v) is 6.63. The van der Waals surface area contributed by atoms with Gasteiger partial charge in [-0.3, -0.25) is 9.71 Å². The van der Waals surface area contributed by atoms with E-state index < -0.39 is 6.67 Å². The van der Waals surface area contributed by atoms with Gasteiger partial charge in [-0.2, -0.15) is 0 Å². The lowest BCUT2D eigenvalue weighted by atomic mass is 10.2. The second-order valence-corrected chi connectivity index (χ2v) is 4.70. The molecule has 96 valence electrons. The van der Waals surface area contributed by atoms with Crippen molar-refractivity contribution in [1.29, 1.82) is 0 Å². The lowest BCUT2D eigenvalue weighted by Crippen LogP contribution is -2.02. The van der Waals surface area contributed by atoms with E-state index in [0.29, 0.717) is 0 Å². The lowest BCUT2D eigenvalue weighted by Gasteiger charge is -2.04. The minimum Gasteiger partial charge on any atom is -0.265 e. The number of rotatable bonds is 4. The molecule has 1 heterocycles. The molecule has 1 aromatic heterocycles. The Morgan fingerprint density at radius 1 is 1.11 bits per heavy atom. The number of halogens is 1. The molecule has 0 saturated heterocycles. The van der Waals surface area contributed by atoms with Crippen LogP contribution in [0.4, 0.5) is 4.39 Å². The highest BCUT2D eigenvalue weighted by Crippen LogP contribution is 2.15. The maximum atomic E-state index is 11.9. The number of hydrogen-bond acceptors (Lipinski definition) is 3. The average molecular weight is 272 g/mol. The van der Waals surface area contributed by atoms with E-state index in [1.807, 2.05) is 36.4 Å². The normalized spacial score (nSPS) is 9.74. The number of hydrogen-bond donors (Lipinski definition) is 1. The molecule has 0 aliphatic heterocycles. The van der Waals surface area contributed by atoms with Crippen LogP contribution in [-0.4, -0.2) is 11.7 Å². The van der Waals surface area contributed by atoms with Gasteiger partial charge in [0, 0.05) is 29.4 Å². The van der Waals surface area contributed by atoms with Crippen molar-refractivity contribution in [2.45, 2.75) is 11.4 Å². The minimum absolute atomic E-state index is 0.607. The highest BCUT2D eigenvalue weighted by molar-refractivity contribution is 7.97. The van der Waals surface area contributed by atoms with Gasteiger partial charge < -0.3 is 0 Å². The summed E-state index contributed by atoms with van der Waals surface area (Å²) >= 11 is 1.56. The van der Waals surface area contributed by atoms with Crippen molar-refractivity contribution in [2.24, 2.45) is 0 Å². The largest absolute Gasteiger partial charge is 0.265 e. The topological polar surface area (TPSA) is 24.9 Å². The number of pyridine rings is 1. The number of benzene rings is 1. The highest BCUT2D eigenvalue weighted by Gasteiger charge is 1.95. The molecule has 0 atom stereocenters. The van der Waals surface area contributed by atoms with Gasteiger partial charge >= 0.3 is 0 Å². The first-order valence-electron chi connectivity index (χ1n) is 5.82. The van der Waals surface area contributed by atoms with Crippen LogP contribution in [0, 0.1) is 11.8 Å². The van der Waals surface area contributed by atoms with E-state index in [1.54, 1.807) is 24.3 Å². The fourth-order valence-corrected chi connectivity index (χ4v) is 2.12. The Morgan fingerprint density at radius 2 is 1.84 bits per heavy atom. The monoisotopic (exact) mass is 272 g/mol. The first-order chi connectivity index (χ1) is 9.38. The zero-order valence-corrected chi connectivity index (χ0v) is 11.1. The number of alkyl halides is 1. The summed E-state index contributed by atoms with van der Waals surface area (Å²) in [7, 11) is 0. The zero-order chi connectivity index (χ0) is 13.3. The maximum absolute atomic E-state index is 11.9. The maximum Gasteiger partial charge on any atom is 0.150 e. The molecule has 0 aliphatic rings. The van der Waals surface area contributed by atoms with Gasteiger partial charge in [-0.05, 0) is 53.9 Å². The van der Waals surface area contributed by atoms with Crippen molar-refractivity contribution in [3.63, 3.8) is 0 Å². The van der Waals surface area contributed by atoms with Crippen LogP contribution in [0.3, 0.4) is 0 Å². The van der Waals surface area contributed by atoms with Gasteiger partial charge in [-0.25, -0.2) is 4.39 Å². The average Bonchev–Trinajstić information content (AvgIpc) is 2.47. The SMILES string of the molecule is FCC#Cc1ccc(SNCc2ccncc2)cc1. The molecule has 19 heavy (non-hydrogen) atoms. The molecule has 1 aromatic carbocycles. The predicted octanol–water partition coefficient (Wildman–Crippen LogP) is 3.20. The van der Waals surface area contributed by atoms with Gasteiger partial charge in [-0.1, -0.05) is 11.8 Å². The Kier molecular flexibility index (Phi) is 5.42. The second-order valence-electron chi connectivity index (χ2n) is 3.74. The fourth-order valence-electron chi connectivity index (χ4n) is 1.45. The summed E-state index contributed by atoms with van der Waals surface area (Å²) in [5, 5.41) is 0. The molecule has 2 aromatic rings. The summed E-state index contributed by atoms with van der Waals surface area (Å²) in [4.78, 5) is 5.07. The van der Waals surface area contributed by atoms with E-state index >= 15 is 0 Å². The summed E-state index contributed by atoms with van der Waals surface area (Å²) in [6.45, 7) is 0.167. The molecule has 0 radical (unpaired) electrons. The third-order valence-electron chi connectivity index (χ3n) is 2.37. The van der Waals surface area contributed by atoms with Crippen molar-refractivity contribution >= 4 is 11.9 Å². The molecule has 0 unspecified atom stereocenters. The Bertz CT molecular complexity index is 558. The molecular formula is C15H13FN2S. The van der Waals surface area contributed by atoms with Gasteiger partial charge in [-0.15, -0.1) is 0 Å². The van der Waals surface area contributed by atoms with Gasteiger partial charge in [0.1, 0.15) is 0 Å². The van der Waals surface area contributed by atoms with Crippen LogP contribution in [0.1, 0.15) is 11.1 Å². The number of nitrogens with one attached hydrogen (secondary N) is 1. The summed E-state index contributed by atoms with van der Waals surface area (Å²) in [6.07, 6.45) is 3.56. The third kappa shape index (κ3) is 4.74. The highest BCUT2D eigenvalue weighted by atomic mass is 32.2. The molecule has 2 rings (SSSR count). The molecule has 0 aliphatic carbocycles. The van der Waals surface area contributed by atoms with Gasteiger partial charge in [0.25, 0.3) is 0 Å². The van der Waals surface area contributed by atoms with Crippen LogP contribution >= 0.6 is 11.9 Å². The smallest absolute Gasteiger partial charge is 0.150 e. The molecule has 0 amide bonds. The summed E-state index contributed by atoms with van der Waals surface area (Å²) in [6, 6.07) is 11.7. The van der Waals surface area contributed by atoms with E-state index in [-0.39, 0.29) is 0 Å². The van der Waals surface area contributed by atoms with Crippen molar-refractivity contribution in [1.82, 2.24) is 9.71 Å². The standard InChI is InChI=1S/C15H13FN2S/c16-9-1-2-13-3-5-15(6-4-13)19-18-12-14-7-10-17-11-8-14/h3-8,10-11,18H,9,12H2. The Labute approximate surface area is 116 Å². The van der Waals surface area contributed by atoms with Crippen molar-refractivity contribution in [2.75, 3.05) is 6.67 Å². The van der Waals surface area contributed by atoms with E-state index in [2.05, 4.69) is 21.5 Å². The molecule has 4 heteroatoms. The van der Waals surface area contributed by atoms with Crippen LogP contribution < -0.4 is 4.72 Å². The fraction of sp³-hybridized carbons (Fsp3) is 0.133. The first kappa shape index (κ1) is 13.6. The van der Waals surface area contributed by atoms with Crippen LogP contribution in [0.25, 0.3) is 0 Å². The summed E-state index contributed by atoms with van der Waals surface area (Å²) < 4.78 is 15.2. The van der Waals surface area contributed by atoms with Gasteiger partial charge in [0.05, 0.1) is 0 Å². The van der Waals surface area contributed by atoms with Crippen LogP contribution in [0.2, 0.25) is 0 Å². The molecule has 0 saturated carbocycles. The molecule has 0 bridgehead atoms. The second kappa shape index (κ2) is 7.57. The lowest BCUT2D eigenvalue weighted by molar-refractivity contribution is 0.573. The van der Waals surface area contributed by atoms with Crippen molar-refractivity contribution < 1.29 is 4.39 Å². The third-order valence-corrected chi connectivity index (χ3v) is 3.17. The Morgan fingerprint density at radius 3 is 2.53 bits per heavy atom. The van der Waals surface area contributed by atoms with E-state index in [4.69, 9.17) is 0 Å². The van der Waals surface area contributed by atoms with Crippen LogP contribution in [0.15, 0.2) is 53.7 Å². The molecule has 0 fully saturated rings. The molecule has 1 N–H and O–H groups in total. The molecule has 0 spiro atoms. The van der Waals surface area contributed by atoms with Crippen molar-refractivity contribution in [3.05, 3.63) is 59.9 Å². The van der Waals surface area contributed by atoms with Crippen LogP contribution in [-0.2, 0) is 6.54 Å². The Hall–Kier alpha value is -1.83. The summed E-state index contributed by atoms with van der Waals surface area (Å²) in [5.74, 6) is 5.15.